The van der Waals surface area contributed by atoms with Crippen molar-refractivity contribution >= 4 is 0 Å². The predicted octanol–water partition coefficient (Wildman–Crippen LogP) is 0.642. The van der Waals surface area contributed by atoms with E-state index in [1.807, 2.05) is 43.3 Å². The van der Waals surface area contributed by atoms with E-state index < -0.39 is 0 Å². The summed E-state index contributed by atoms with van der Waals surface area (Å²) in [6.45, 7) is 4.42. The summed E-state index contributed by atoms with van der Waals surface area (Å²) in [5.41, 5.74) is 3.09. The van der Waals surface area contributed by atoms with Crippen LogP contribution in [0.2, 0.25) is 0 Å². The Morgan fingerprint density at radius 3 is 2.45 bits per heavy atom. The van der Waals surface area contributed by atoms with E-state index in [0.29, 0.717) is 0 Å². The van der Waals surface area contributed by atoms with Crippen LogP contribution in [0.25, 0.3) is 0 Å². The lowest BCUT2D eigenvalue weighted by atomic mass is 10.6. The second-order valence-corrected chi connectivity index (χ2v) is 2.50. The average molecular weight is 155 g/mol. The fourth-order valence-corrected chi connectivity index (χ4v) is 0.525. The molecule has 0 fully saturated rings. The highest BCUT2D eigenvalue weighted by Crippen LogP contribution is 1.77. The molecule has 0 amide bonds. The van der Waals surface area contributed by atoms with Crippen molar-refractivity contribution in [2.45, 2.75) is 0 Å². The predicted molar refractivity (Wildman–Crippen MR) is 48.8 cm³/mol. The van der Waals surface area contributed by atoms with E-state index in [4.69, 9.17) is 0 Å². The molecule has 0 aromatic heterocycles. The summed E-state index contributed by atoms with van der Waals surface area (Å²) in [6.07, 6.45) is 5.77. The summed E-state index contributed by atoms with van der Waals surface area (Å²) in [4.78, 5) is 2.00. The summed E-state index contributed by atoms with van der Waals surface area (Å²) >= 11 is 0. The van der Waals surface area contributed by atoms with E-state index in [9.17, 15) is 0 Å². The molecule has 0 bridgehead atoms. The zero-order chi connectivity index (χ0) is 8.69. The van der Waals surface area contributed by atoms with Crippen molar-refractivity contribution in [2.24, 2.45) is 0 Å². The molecule has 0 unspecified atom stereocenters. The highest BCUT2D eigenvalue weighted by Gasteiger charge is 1.82. The molecule has 64 valence electrons. The Balaban J connectivity index is 3.33. The Kier molecular flexibility index (Phi) is 5.29. The van der Waals surface area contributed by atoms with Crippen LogP contribution in [0.5, 0.6) is 0 Å². The SMILES string of the molecule is C=CN(C)NC/C=C\N(C)C. The molecule has 3 heteroatoms. The van der Waals surface area contributed by atoms with Crippen molar-refractivity contribution < 1.29 is 0 Å². The van der Waals surface area contributed by atoms with Gasteiger partial charge in [0.15, 0.2) is 0 Å². The molecule has 0 atom stereocenters. The van der Waals surface area contributed by atoms with Crippen LogP contribution in [0.4, 0.5) is 0 Å². The zero-order valence-corrected chi connectivity index (χ0v) is 7.54. The van der Waals surface area contributed by atoms with Crippen molar-refractivity contribution in [3.63, 3.8) is 0 Å². The van der Waals surface area contributed by atoms with Gasteiger partial charge in [-0.05, 0) is 6.20 Å². The number of hydrogen-bond acceptors (Lipinski definition) is 3. The van der Waals surface area contributed by atoms with Gasteiger partial charge in [-0.3, -0.25) is 0 Å². The van der Waals surface area contributed by atoms with Crippen LogP contribution < -0.4 is 5.43 Å². The quantitative estimate of drug-likeness (QED) is 0.588. The number of rotatable bonds is 5. The standard InChI is InChI=1S/C8H17N3/c1-5-11(4)9-7-6-8-10(2)3/h5-6,8-9H,1,7H2,2-4H3/b8-6-. The molecule has 0 saturated heterocycles. The van der Waals surface area contributed by atoms with Crippen molar-refractivity contribution in [1.29, 1.82) is 0 Å². The zero-order valence-electron chi connectivity index (χ0n) is 7.54. The first kappa shape index (κ1) is 10.0. The van der Waals surface area contributed by atoms with Gasteiger partial charge in [0, 0.05) is 33.9 Å². The molecule has 0 aliphatic rings. The summed E-state index contributed by atoms with van der Waals surface area (Å²) in [6, 6.07) is 0. The first-order chi connectivity index (χ1) is 5.16. The first-order valence-electron chi connectivity index (χ1n) is 3.59. The molecule has 0 aromatic rings. The number of nitrogens with one attached hydrogen (secondary N) is 1. The van der Waals surface area contributed by atoms with Gasteiger partial charge in [0.1, 0.15) is 0 Å². The third-order valence-electron chi connectivity index (χ3n) is 1.14. The van der Waals surface area contributed by atoms with E-state index in [2.05, 4.69) is 12.0 Å². The van der Waals surface area contributed by atoms with Crippen LogP contribution in [0.1, 0.15) is 0 Å². The van der Waals surface area contributed by atoms with Crippen LogP contribution in [0, 0.1) is 0 Å². The lowest BCUT2D eigenvalue weighted by molar-refractivity contribution is 0.347. The Bertz CT molecular complexity index is 129. The molecule has 0 aliphatic carbocycles. The fourth-order valence-electron chi connectivity index (χ4n) is 0.525. The summed E-state index contributed by atoms with van der Waals surface area (Å²) in [7, 11) is 5.90. The third-order valence-corrected chi connectivity index (χ3v) is 1.14. The Morgan fingerprint density at radius 2 is 2.00 bits per heavy atom. The van der Waals surface area contributed by atoms with E-state index in [1.54, 1.807) is 6.20 Å². The highest BCUT2D eigenvalue weighted by molar-refractivity contribution is 4.81. The molecular weight excluding hydrogens is 138 g/mol. The monoisotopic (exact) mass is 155 g/mol. The number of nitrogens with zero attached hydrogens (tertiary/aromatic N) is 2. The van der Waals surface area contributed by atoms with Gasteiger partial charge < -0.3 is 9.91 Å². The van der Waals surface area contributed by atoms with Gasteiger partial charge in [-0.15, -0.1) is 0 Å². The lowest BCUT2D eigenvalue weighted by Gasteiger charge is -2.13. The smallest absolute Gasteiger partial charge is 0.0347 e. The molecular formula is C8H17N3. The first-order valence-corrected chi connectivity index (χ1v) is 3.59. The summed E-state index contributed by atoms with van der Waals surface area (Å²) < 4.78 is 0. The van der Waals surface area contributed by atoms with Gasteiger partial charge in [-0.2, -0.15) is 0 Å². The number of hydrogen-bond donors (Lipinski definition) is 1. The molecule has 3 nitrogen and oxygen atoms in total. The maximum absolute atomic E-state index is 3.60. The van der Waals surface area contributed by atoms with E-state index in [0.717, 1.165) is 6.54 Å². The third kappa shape index (κ3) is 6.93. The Labute approximate surface area is 69.0 Å². The second kappa shape index (κ2) is 5.80. The van der Waals surface area contributed by atoms with E-state index in [-0.39, 0.29) is 0 Å². The van der Waals surface area contributed by atoms with Gasteiger partial charge in [-0.1, -0.05) is 12.7 Å². The maximum Gasteiger partial charge on any atom is 0.0347 e. The van der Waals surface area contributed by atoms with Gasteiger partial charge in [-0.25, -0.2) is 5.43 Å². The summed E-state index contributed by atoms with van der Waals surface area (Å²) in [5, 5.41) is 1.82. The lowest BCUT2D eigenvalue weighted by Crippen LogP contribution is -2.29. The minimum atomic E-state index is 0.820. The molecule has 0 aromatic carbocycles. The molecule has 0 aliphatic heterocycles. The fraction of sp³-hybridized carbons (Fsp3) is 0.500. The maximum atomic E-state index is 3.60. The van der Waals surface area contributed by atoms with Crippen molar-refractivity contribution in [3.05, 3.63) is 25.1 Å². The highest BCUT2D eigenvalue weighted by atomic mass is 15.5. The molecule has 11 heavy (non-hydrogen) atoms. The Morgan fingerprint density at radius 1 is 1.36 bits per heavy atom. The van der Waals surface area contributed by atoms with Gasteiger partial charge in [0.25, 0.3) is 0 Å². The molecule has 0 heterocycles. The van der Waals surface area contributed by atoms with Crippen LogP contribution in [0.15, 0.2) is 25.1 Å². The average Bonchev–Trinajstić information content (AvgIpc) is 1.97. The van der Waals surface area contributed by atoms with Crippen LogP contribution >= 0.6 is 0 Å². The van der Waals surface area contributed by atoms with Crippen LogP contribution in [0.3, 0.4) is 0 Å². The Hall–Kier alpha value is -0.960. The normalized spacial score (nSPS) is 10.1. The minimum absolute atomic E-state index is 0.820. The topological polar surface area (TPSA) is 18.5 Å². The van der Waals surface area contributed by atoms with Crippen molar-refractivity contribution in [1.82, 2.24) is 15.3 Å². The molecule has 1 N–H and O–H groups in total. The van der Waals surface area contributed by atoms with Gasteiger partial charge in [0.2, 0.25) is 0 Å². The van der Waals surface area contributed by atoms with Crippen molar-refractivity contribution in [3.8, 4) is 0 Å². The van der Waals surface area contributed by atoms with Crippen molar-refractivity contribution in [2.75, 3.05) is 27.7 Å². The van der Waals surface area contributed by atoms with Crippen LogP contribution in [-0.4, -0.2) is 37.6 Å². The molecule has 0 saturated carbocycles. The van der Waals surface area contributed by atoms with Crippen LogP contribution in [-0.2, 0) is 0 Å². The molecule has 0 spiro atoms. The largest absolute Gasteiger partial charge is 0.384 e. The number of hydrazine groups is 1. The molecule has 0 radical (unpaired) electrons. The van der Waals surface area contributed by atoms with Gasteiger partial charge >= 0.3 is 0 Å². The summed E-state index contributed by atoms with van der Waals surface area (Å²) in [5.74, 6) is 0. The van der Waals surface area contributed by atoms with Gasteiger partial charge in [0.05, 0.1) is 0 Å². The second-order valence-electron chi connectivity index (χ2n) is 2.50. The van der Waals surface area contributed by atoms with E-state index >= 15 is 0 Å². The van der Waals surface area contributed by atoms with E-state index in [1.165, 1.54) is 0 Å². The molecule has 0 rings (SSSR count). The minimum Gasteiger partial charge on any atom is -0.384 e.